The average Bonchev–Trinajstić information content (AvgIpc) is 3.24. The Morgan fingerprint density at radius 2 is 1.77 bits per heavy atom. The van der Waals surface area contributed by atoms with Crippen molar-refractivity contribution in [1.29, 1.82) is 0 Å². The van der Waals surface area contributed by atoms with Gasteiger partial charge < -0.3 is 0 Å². The molecule has 9 heteroatoms. The highest BCUT2D eigenvalue weighted by molar-refractivity contribution is 7.94. The third-order valence-corrected chi connectivity index (χ3v) is 9.93. The summed E-state index contributed by atoms with van der Waals surface area (Å²) in [5.41, 5.74) is 1.74. The van der Waals surface area contributed by atoms with Gasteiger partial charge in [0.1, 0.15) is 4.21 Å². The summed E-state index contributed by atoms with van der Waals surface area (Å²) < 4.78 is 56.1. The van der Waals surface area contributed by atoms with Gasteiger partial charge in [-0.2, -0.15) is 0 Å². The molecule has 0 spiro atoms. The number of fused-ring (bicyclic) bond motifs is 1. The largest absolute Gasteiger partial charge is 0.279 e. The molecular formula is C21H22N2O4S3. The summed E-state index contributed by atoms with van der Waals surface area (Å²) in [6.07, 6.45) is 2.22. The fourth-order valence-corrected chi connectivity index (χ4v) is 7.37. The zero-order chi connectivity index (χ0) is 21.4. The van der Waals surface area contributed by atoms with E-state index in [2.05, 4.69) is 4.72 Å². The van der Waals surface area contributed by atoms with Crippen molar-refractivity contribution in [3.63, 3.8) is 0 Å². The maximum atomic E-state index is 13.2. The van der Waals surface area contributed by atoms with Gasteiger partial charge in [0, 0.05) is 11.4 Å². The predicted octanol–water partition coefficient (Wildman–Crippen LogP) is 4.25. The van der Waals surface area contributed by atoms with Gasteiger partial charge in [-0.25, -0.2) is 16.8 Å². The van der Waals surface area contributed by atoms with Crippen LogP contribution in [0.1, 0.15) is 23.8 Å². The zero-order valence-electron chi connectivity index (χ0n) is 16.4. The molecule has 6 nitrogen and oxygen atoms in total. The fourth-order valence-electron chi connectivity index (χ4n) is 3.47. The molecule has 2 aromatic carbocycles. The van der Waals surface area contributed by atoms with E-state index in [1.165, 1.54) is 15.6 Å². The van der Waals surface area contributed by atoms with E-state index in [1.807, 2.05) is 6.92 Å². The van der Waals surface area contributed by atoms with Crippen LogP contribution in [0.5, 0.6) is 0 Å². The highest BCUT2D eigenvalue weighted by Crippen LogP contribution is 2.35. The molecule has 0 amide bonds. The van der Waals surface area contributed by atoms with Crippen molar-refractivity contribution in [3.8, 4) is 0 Å². The van der Waals surface area contributed by atoms with Gasteiger partial charge in [-0.15, -0.1) is 11.3 Å². The molecule has 0 saturated carbocycles. The highest BCUT2D eigenvalue weighted by Gasteiger charge is 2.29. The normalized spacial score (nSPS) is 14.4. The molecule has 1 aliphatic heterocycles. The average molecular weight is 463 g/mol. The lowest BCUT2D eigenvalue weighted by Gasteiger charge is -2.31. The summed E-state index contributed by atoms with van der Waals surface area (Å²) in [5.74, 6) is 0. The van der Waals surface area contributed by atoms with Gasteiger partial charge in [0.25, 0.3) is 20.0 Å². The van der Waals surface area contributed by atoms with Gasteiger partial charge in [0.2, 0.25) is 0 Å². The fraction of sp³-hybridized carbons (Fsp3) is 0.238. The monoisotopic (exact) mass is 462 g/mol. The molecule has 0 aliphatic carbocycles. The van der Waals surface area contributed by atoms with Crippen molar-refractivity contribution in [2.24, 2.45) is 0 Å². The van der Waals surface area contributed by atoms with E-state index in [0.717, 1.165) is 23.3 Å². The van der Waals surface area contributed by atoms with Gasteiger partial charge in [-0.05, 0) is 61.2 Å². The third kappa shape index (κ3) is 3.97. The molecule has 1 aromatic heterocycles. The SMILES string of the molecule is CCc1ccc(S(=O)(=O)Nc2ccc3c(c2)N(S(=O)(=O)c2ccccc2)CCC3)s1. The van der Waals surface area contributed by atoms with Crippen LogP contribution in [0.4, 0.5) is 11.4 Å². The first-order valence-corrected chi connectivity index (χ1v) is 13.4. The van der Waals surface area contributed by atoms with Crippen LogP contribution in [-0.2, 0) is 32.9 Å². The number of benzene rings is 2. The molecule has 2 heterocycles. The number of nitrogens with zero attached hydrogens (tertiary/aromatic N) is 1. The highest BCUT2D eigenvalue weighted by atomic mass is 32.2. The first-order chi connectivity index (χ1) is 14.3. The number of sulfonamides is 2. The van der Waals surface area contributed by atoms with Gasteiger partial charge in [-0.1, -0.05) is 31.2 Å². The van der Waals surface area contributed by atoms with E-state index < -0.39 is 20.0 Å². The molecule has 0 radical (unpaired) electrons. The second kappa shape index (κ2) is 8.05. The lowest BCUT2D eigenvalue weighted by molar-refractivity contribution is 0.586. The van der Waals surface area contributed by atoms with E-state index in [4.69, 9.17) is 0 Å². The maximum Gasteiger partial charge on any atom is 0.271 e. The number of nitrogens with one attached hydrogen (secondary N) is 1. The summed E-state index contributed by atoms with van der Waals surface area (Å²) in [5, 5.41) is 0. The summed E-state index contributed by atoms with van der Waals surface area (Å²) in [4.78, 5) is 1.20. The van der Waals surface area contributed by atoms with Crippen molar-refractivity contribution in [2.45, 2.75) is 35.3 Å². The second-order valence-corrected chi connectivity index (χ2v) is 12.0. The number of anilines is 2. The predicted molar refractivity (Wildman–Crippen MR) is 120 cm³/mol. The lowest BCUT2D eigenvalue weighted by Crippen LogP contribution is -2.35. The van der Waals surface area contributed by atoms with Crippen LogP contribution in [0.25, 0.3) is 0 Å². The molecule has 158 valence electrons. The quantitative estimate of drug-likeness (QED) is 0.594. The molecule has 0 atom stereocenters. The first-order valence-electron chi connectivity index (χ1n) is 9.63. The Balaban J connectivity index is 1.69. The summed E-state index contributed by atoms with van der Waals surface area (Å²) in [7, 11) is -7.46. The van der Waals surface area contributed by atoms with Crippen LogP contribution < -0.4 is 9.03 Å². The van der Waals surface area contributed by atoms with E-state index in [-0.39, 0.29) is 9.10 Å². The van der Waals surface area contributed by atoms with Crippen LogP contribution in [0.3, 0.4) is 0 Å². The van der Waals surface area contributed by atoms with Crippen LogP contribution in [0.2, 0.25) is 0 Å². The molecule has 30 heavy (non-hydrogen) atoms. The van der Waals surface area contributed by atoms with Crippen LogP contribution in [0, 0.1) is 0 Å². The van der Waals surface area contributed by atoms with E-state index in [0.29, 0.717) is 24.3 Å². The minimum absolute atomic E-state index is 0.217. The van der Waals surface area contributed by atoms with Crippen molar-refractivity contribution < 1.29 is 16.8 Å². The zero-order valence-corrected chi connectivity index (χ0v) is 18.9. The van der Waals surface area contributed by atoms with Gasteiger partial charge in [-0.3, -0.25) is 9.03 Å². The molecule has 1 N–H and O–H groups in total. The molecular weight excluding hydrogens is 440 g/mol. The Labute approximate surface area is 181 Å². The Kier molecular flexibility index (Phi) is 5.61. The number of thiophene rings is 1. The summed E-state index contributed by atoms with van der Waals surface area (Å²) in [6, 6.07) is 16.8. The second-order valence-electron chi connectivity index (χ2n) is 7.02. The van der Waals surface area contributed by atoms with Crippen LogP contribution >= 0.6 is 11.3 Å². The molecule has 3 aromatic rings. The van der Waals surface area contributed by atoms with Crippen molar-refractivity contribution in [2.75, 3.05) is 15.6 Å². The topological polar surface area (TPSA) is 83.6 Å². The molecule has 0 unspecified atom stereocenters. The third-order valence-electron chi connectivity index (χ3n) is 5.00. The molecule has 0 bridgehead atoms. The smallest absolute Gasteiger partial charge is 0.271 e. The van der Waals surface area contributed by atoms with E-state index in [1.54, 1.807) is 60.7 Å². The maximum absolute atomic E-state index is 13.2. The molecule has 1 aliphatic rings. The first kappa shape index (κ1) is 20.9. The van der Waals surface area contributed by atoms with Crippen molar-refractivity contribution in [3.05, 3.63) is 71.1 Å². The lowest BCUT2D eigenvalue weighted by atomic mass is 10.0. The van der Waals surface area contributed by atoms with Gasteiger partial charge in [0.15, 0.2) is 0 Å². The molecule has 0 saturated heterocycles. The Morgan fingerprint density at radius 3 is 2.47 bits per heavy atom. The van der Waals surface area contributed by atoms with Crippen molar-refractivity contribution >= 4 is 42.8 Å². The Hall–Kier alpha value is -2.36. The summed E-state index contributed by atoms with van der Waals surface area (Å²) >= 11 is 1.23. The van der Waals surface area contributed by atoms with Gasteiger partial charge >= 0.3 is 0 Å². The van der Waals surface area contributed by atoms with E-state index >= 15 is 0 Å². The Bertz CT molecular complexity index is 1270. The minimum atomic E-state index is -3.73. The van der Waals surface area contributed by atoms with Crippen LogP contribution in [0.15, 0.2) is 69.8 Å². The standard InChI is InChI=1S/C21H22N2O4S3/c1-2-18-12-13-21(28-18)29(24,25)22-17-11-10-16-7-6-14-23(20(16)15-17)30(26,27)19-8-4-3-5-9-19/h3-5,8-13,15,22H,2,6-7,14H2,1H3. The number of hydrogen-bond donors (Lipinski definition) is 1. The number of rotatable bonds is 6. The van der Waals surface area contributed by atoms with Crippen molar-refractivity contribution in [1.82, 2.24) is 0 Å². The molecule has 0 fully saturated rings. The van der Waals surface area contributed by atoms with Gasteiger partial charge in [0.05, 0.1) is 16.3 Å². The minimum Gasteiger partial charge on any atom is -0.279 e. The molecule has 4 rings (SSSR count). The Morgan fingerprint density at radius 1 is 1.00 bits per heavy atom. The number of aryl methyl sites for hydroxylation is 2. The van der Waals surface area contributed by atoms with Crippen LogP contribution in [-0.4, -0.2) is 23.4 Å². The number of hydrogen-bond acceptors (Lipinski definition) is 5. The summed E-state index contributed by atoms with van der Waals surface area (Å²) in [6.45, 7) is 2.33. The van der Waals surface area contributed by atoms with E-state index in [9.17, 15) is 16.8 Å².